The van der Waals surface area contributed by atoms with Crippen molar-refractivity contribution >= 4 is 26.7 Å². The number of carbonyl (C=O) groups excluding carboxylic acids is 1. The topological polar surface area (TPSA) is 51.2 Å². The van der Waals surface area contributed by atoms with E-state index in [1.165, 1.54) is 6.07 Å². The Hall–Kier alpha value is -1.13. The highest BCUT2D eigenvalue weighted by molar-refractivity contribution is 7.90. The number of aryl methyl sites for hydroxylation is 1. The van der Waals surface area contributed by atoms with E-state index in [0.717, 1.165) is 18.2 Å². The van der Waals surface area contributed by atoms with Crippen molar-refractivity contribution in [3.63, 3.8) is 0 Å². The highest BCUT2D eigenvalue weighted by Gasteiger charge is 2.18. The zero-order chi connectivity index (χ0) is 15.3. The number of hydrogen-bond donors (Lipinski definition) is 0. The second-order valence-electron chi connectivity index (χ2n) is 4.60. The van der Waals surface area contributed by atoms with Crippen molar-refractivity contribution in [2.75, 3.05) is 6.26 Å². The molecule has 0 radical (unpaired) electrons. The van der Waals surface area contributed by atoms with E-state index < -0.39 is 15.1 Å². The summed E-state index contributed by atoms with van der Waals surface area (Å²) < 4.78 is 23.8. The minimum Gasteiger partial charge on any atom is -0.276 e. The molecule has 0 aliphatic heterocycles. The normalized spacial score (nSPS) is 12.0. The fourth-order valence-corrected chi connectivity index (χ4v) is 3.16. The second kappa shape index (κ2) is 7.04. The van der Waals surface area contributed by atoms with E-state index in [4.69, 9.17) is 11.6 Å². The first-order valence-corrected chi connectivity index (χ1v) is 8.78. The van der Waals surface area contributed by atoms with E-state index in [2.05, 4.69) is 0 Å². The molecule has 0 heterocycles. The largest absolute Gasteiger partial charge is 0.276 e. The molecule has 0 spiro atoms. The lowest BCUT2D eigenvalue weighted by molar-refractivity contribution is 0.108. The maximum absolute atomic E-state index is 11.9. The Balaban J connectivity index is 3.48. The second-order valence-corrected chi connectivity index (χ2v) is 6.93. The van der Waals surface area contributed by atoms with E-state index in [0.29, 0.717) is 18.4 Å². The van der Waals surface area contributed by atoms with Gasteiger partial charge in [0, 0.05) is 11.8 Å². The van der Waals surface area contributed by atoms with Crippen LogP contribution in [0.3, 0.4) is 0 Å². The summed E-state index contributed by atoms with van der Waals surface area (Å²) in [4.78, 5) is 11.6. The van der Waals surface area contributed by atoms with Gasteiger partial charge in [-0.05, 0) is 48.1 Å². The van der Waals surface area contributed by atoms with Crippen LogP contribution in [0.2, 0.25) is 0 Å². The third-order valence-corrected chi connectivity index (χ3v) is 4.40. The molecule has 1 aromatic carbocycles. The first-order chi connectivity index (χ1) is 9.31. The number of benzene rings is 1. The molecule has 0 fully saturated rings. The smallest absolute Gasteiger partial charge is 0.252 e. The summed E-state index contributed by atoms with van der Waals surface area (Å²) in [5, 5.41) is -0.623. The molecule has 3 nitrogen and oxygen atoms in total. The van der Waals surface area contributed by atoms with Crippen molar-refractivity contribution in [2.45, 2.75) is 38.0 Å². The molecule has 1 rings (SSSR count). The van der Waals surface area contributed by atoms with Crippen molar-refractivity contribution in [2.24, 2.45) is 0 Å². The molecule has 20 heavy (non-hydrogen) atoms. The van der Waals surface area contributed by atoms with Crippen molar-refractivity contribution in [3.8, 4) is 0 Å². The Morgan fingerprint density at radius 2 is 1.85 bits per heavy atom. The molecule has 0 amide bonds. The molecule has 0 N–H and O–H groups in total. The van der Waals surface area contributed by atoms with Gasteiger partial charge in [0.25, 0.3) is 5.24 Å². The molecular formula is C15H19ClO3S. The highest BCUT2D eigenvalue weighted by Crippen LogP contribution is 2.24. The SMILES string of the molecule is CCC=CCc1cc(CC)c(C(=O)Cl)cc1S(C)(=O)=O. The van der Waals surface area contributed by atoms with Crippen LogP contribution in [0.5, 0.6) is 0 Å². The third kappa shape index (κ3) is 4.18. The van der Waals surface area contributed by atoms with Crippen LogP contribution in [0.1, 0.15) is 41.8 Å². The van der Waals surface area contributed by atoms with E-state index in [9.17, 15) is 13.2 Å². The lowest BCUT2D eigenvalue weighted by atomic mass is 10.0. The van der Waals surface area contributed by atoms with Crippen molar-refractivity contribution in [1.82, 2.24) is 0 Å². The lowest BCUT2D eigenvalue weighted by Gasteiger charge is -2.12. The van der Waals surface area contributed by atoms with Crippen LogP contribution in [-0.2, 0) is 22.7 Å². The first-order valence-electron chi connectivity index (χ1n) is 6.51. The Morgan fingerprint density at radius 3 is 2.30 bits per heavy atom. The molecule has 0 aromatic heterocycles. The monoisotopic (exact) mass is 314 g/mol. The van der Waals surface area contributed by atoms with Gasteiger partial charge >= 0.3 is 0 Å². The van der Waals surface area contributed by atoms with Gasteiger partial charge in [-0.25, -0.2) is 8.42 Å². The van der Waals surface area contributed by atoms with Gasteiger partial charge in [0.15, 0.2) is 9.84 Å². The number of halogens is 1. The predicted molar refractivity (Wildman–Crippen MR) is 82.2 cm³/mol. The summed E-state index contributed by atoms with van der Waals surface area (Å²) >= 11 is 5.54. The summed E-state index contributed by atoms with van der Waals surface area (Å²) in [7, 11) is -3.40. The molecule has 0 unspecified atom stereocenters. The summed E-state index contributed by atoms with van der Waals surface area (Å²) in [6.07, 6.45) is 7.11. The van der Waals surface area contributed by atoms with Gasteiger partial charge in [0.1, 0.15) is 0 Å². The summed E-state index contributed by atoms with van der Waals surface area (Å²) in [6, 6.07) is 3.17. The Bertz CT molecular complexity index is 631. The number of sulfone groups is 1. The minimum atomic E-state index is -3.40. The summed E-state index contributed by atoms with van der Waals surface area (Å²) in [5.41, 5.74) is 1.76. The predicted octanol–water partition coefficient (Wildman–Crippen LogP) is 3.54. The zero-order valence-electron chi connectivity index (χ0n) is 11.9. The molecular weight excluding hydrogens is 296 g/mol. The van der Waals surface area contributed by atoms with Gasteiger partial charge in [-0.1, -0.05) is 32.1 Å². The highest BCUT2D eigenvalue weighted by atomic mass is 35.5. The van der Waals surface area contributed by atoms with Crippen molar-refractivity contribution < 1.29 is 13.2 Å². The van der Waals surface area contributed by atoms with Crippen LogP contribution in [0.4, 0.5) is 0 Å². The fraction of sp³-hybridized carbons (Fsp3) is 0.400. The van der Waals surface area contributed by atoms with Gasteiger partial charge < -0.3 is 0 Å². The Kier molecular flexibility index (Phi) is 5.96. The Morgan fingerprint density at radius 1 is 1.20 bits per heavy atom. The molecule has 5 heteroatoms. The van der Waals surface area contributed by atoms with E-state index in [1.807, 2.05) is 26.0 Å². The van der Waals surface area contributed by atoms with Crippen LogP contribution >= 0.6 is 11.6 Å². The summed E-state index contributed by atoms with van der Waals surface area (Å²) in [6.45, 7) is 3.92. The number of rotatable bonds is 6. The van der Waals surface area contributed by atoms with Gasteiger partial charge in [0.2, 0.25) is 0 Å². The number of hydrogen-bond acceptors (Lipinski definition) is 3. The van der Waals surface area contributed by atoms with Gasteiger partial charge in [0.05, 0.1) is 4.90 Å². The van der Waals surface area contributed by atoms with Crippen molar-refractivity contribution in [1.29, 1.82) is 0 Å². The number of allylic oxidation sites excluding steroid dienone is 2. The molecule has 0 aliphatic carbocycles. The van der Waals surface area contributed by atoms with Crippen LogP contribution in [0.25, 0.3) is 0 Å². The Labute approximate surface area is 125 Å². The molecule has 0 saturated carbocycles. The maximum atomic E-state index is 11.9. The van der Waals surface area contributed by atoms with E-state index >= 15 is 0 Å². The standard InChI is InChI=1S/C15H19ClO3S/c1-4-6-7-8-12-9-11(5-2)13(15(16)17)10-14(12)20(3,18)19/h6-7,9-10H,4-5,8H2,1-3H3. The van der Waals surface area contributed by atoms with Crippen LogP contribution in [0, 0.1) is 0 Å². The van der Waals surface area contributed by atoms with Gasteiger partial charge in [-0.2, -0.15) is 0 Å². The molecule has 110 valence electrons. The molecule has 0 bridgehead atoms. The molecule has 0 aliphatic rings. The zero-order valence-corrected chi connectivity index (χ0v) is 13.5. The average molecular weight is 315 g/mol. The summed E-state index contributed by atoms with van der Waals surface area (Å²) in [5.74, 6) is 0. The van der Waals surface area contributed by atoms with Crippen LogP contribution in [0.15, 0.2) is 29.2 Å². The van der Waals surface area contributed by atoms with Crippen molar-refractivity contribution in [3.05, 3.63) is 41.0 Å². The van der Waals surface area contributed by atoms with E-state index in [-0.39, 0.29) is 10.5 Å². The maximum Gasteiger partial charge on any atom is 0.252 e. The molecule has 0 atom stereocenters. The van der Waals surface area contributed by atoms with Crippen LogP contribution < -0.4 is 0 Å². The quantitative estimate of drug-likeness (QED) is 0.596. The van der Waals surface area contributed by atoms with Crippen LogP contribution in [-0.4, -0.2) is 19.9 Å². The minimum absolute atomic E-state index is 0.180. The molecule has 0 saturated heterocycles. The van der Waals surface area contributed by atoms with Gasteiger partial charge in [-0.15, -0.1) is 0 Å². The molecule has 1 aromatic rings. The third-order valence-electron chi connectivity index (χ3n) is 3.02. The van der Waals surface area contributed by atoms with E-state index in [1.54, 1.807) is 6.07 Å². The van der Waals surface area contributed by atoms with Gasteiger partial charge in [-0.3, -0.25) is 4.79 Å². The average Bonchev–Trinajstić information content (AvgIpc) is 2.36. The fourth-order valence-electron chi connectivity index (χ4n) is 2.03. The first kappa shape index (κ1) is 16.9. The number of carbonyl (C=O) groups is 1. The lowest BCUT2D eigenvalue weighted by Crippen LogP contribution is -2.07.